The monoisotopic (exact) mass is 198 g/mol. The second-order valence-corrected chi connectivity index (χ2v) is 1.88. The highest BCUT2D eigenvalue weighted by molar-refractivity contribution is 5.30. The van der Waals surface area contributed by atoms with Crippen LogP contribution in [0.1, 0.15) is 27.7 Å². The first-order chi connectivity index (χ1) is 6.86. The Kier molecular flexibility index (Phi) is 12.9. The summed E-state index contributed by atoms with van der Waals surface area (Å²) >= 11 is 0. The van der Waals surface area contributed by atoms with Gasteiger partial charge in [-0.05, 0) is 24.3 Å². The average molecular weight is 198 g/mol. The van der Waals surface area contributed by atoms with Gasteiger partial charge in [0.2, 0.25) is 0 Å². The maximum absolute atomic E-state index is 4.96. The van der Waals surface area contributed by atoms with Crippen LogP contribution in [-0.4, -0.2) is 14.2 Å². The molecule has 0 unspecified atom stereocenters. The van der Waals surface area contributed by atoms with Gasteiger partial charge in [0.05, 0.1) is 14.2 Å². The van der Waals surface area contributed by atoms with Crippen LogP contribution in [0.15, 0.2) is 24.3 Å². The topological polar surface area (TPSA) is 18.5 Å². The Balaban J connectivity index is 0. The van der Waals surface area contributed by atoms with Gasteiger partial charge in [-0.3, -0.25) is 0 Å². The summed E-state index contributed by atoms with van der Waals surface area (Å²) in [6.07, 6.45) is 0. The Bertz CT molecular complexity index is 169. The predicted octanol–water partition coefficient (Wildman–Crippen LogP) is 3.76. The second kappa shape index (κ2) is 11.8. The molecule has 0 amide bonds. The Labute approximate surface area is 87.9 Å². The minimum atomic E-state index is 0.848. The molecule has 14 heavy (non-hydrogen) atoms. The zero-order valence-electron chi connectivity index (χ0n) is 10.1. The fourth-order valence-corrected chi connectivity index (χ4v) is 0.712. The molecule has 0 atom stereocenters. The summed E-state index contributed by atoms with van der Waals surface area (Å²) in [5.74, 6) is 1.70. The summed E-state index contributed by atoms with van der Waals surface area (Å²) < 4.78 is 9.92. The average Bonchev–Trinajstić information content (AvgIpc) is 2.34. The third-order valence-electron chi connectivity index (χ3n) is 1.30. The van der Waals surface area contributed by atoms with Gasteiger partial charge in [-0.2, -0.15) is 0 Å². The van der Waals surface area contributed by atoms with E-state index in [-0.39, 0.29) is 0 Å². The van der Waals surface area contributed by atoms with Crippen LogP contribution in [0, 0.1) is 0 Å². The van der Waals surface area contributed by atoms with Crippen molar-refractivity contribution in [3.63, 3.8) is 0 Å². The predicted molar refractivity (Wildman–Crippen MR) is 62.2 cm³/mol. The molecule has 1 aromatic rings. The normalized spacial score (nSPS) is 7.29. The summed E-state index contributed by atoms with van der Waals surface area (Å²) in [5, 5.41) is 0. The molecule has 0 aliphatic carbocycles. The summed E-state index contributed by atoms with van der Waals surface area (Å²) in [7, 11) is 3.28. The van der Waals surface area contributed by atoms with E-state index in [1.54, 1.807) is 14.2 Å². The highest BCUT2D eigenvalue weighted by Crippen LogP contribution is 2.15. The Hall–Kier alpha value is -1.18. The standard InChI is InChI=1S/C8H10O2.2C2H6/c1-9-7-3-5-8(10-2)6-4-7;2*1-2/h3-6H,1-2H3;2*1-2H3. The summed E-state index contributed by atoms with van der Waals surface area (Å²) in [6.45, 7) is 8.00. The van der Waals surface area contributed by atoms with E-state index in [0.717, 1.165) is 11.5 Å². The van der Waals surface area contributed by atoms with Gasteiger partial charge in [-0.1, -0.05) is 27.7 Å². The highest BCUT2D eigenvalue weighted by Gasteiger charge is 1.89. The number of hydrogen-bond acceptors (Lipinski definition) is 2. The zero-order valence-corrected chi connectivity index (χ0v) is 10.1. The van der Waals surface area contributed by atoms with Crippen molar-refractivity contribution >= 4 is 0 Å². The molecule has 1 rings (SSSR count). The van der Waals surface area contributed by atoms with E-state index >= 15 is 0 Å². The van der Waals surface area contributed by atoms with E-state index in [1.807, 2.05) is 52.0 Å². The van der Waals surface area contributed by atoms with Crippen molar-refractivity contribution in [1.82, 2.24) is 0 Å². The molecule has 0 aliphatic heterocycles. The lowest BCUT2D eigenvalue weighted by molar-refractivity contribution is 0.403. The van der Waals surface area contributed by atoms with E-state index in [0.29, 0.717) is 0 Å². The number of methoxy groups -OCH3 is 2. The fraction of sp³-hybridized carbons (Fsp3) is 0.500. The number of benzene rings is 1. The van der Waals surface area contributed by atoms with E-state index in [1.165, 1.54) is 0 Å². The molecule has 0 saturated carbocycles. The van der Waals surface area contributed by atoms with E-state index < -0.39 is 0 Å². The molecule has 0 N–H and O–H groups in total. The zero-order chi connectivity index (χ0) is 11.4. The Morgan fingerprint density at radius 1 is 0.643 bits per heavy atom. The van der Waals surface area contributed by atoms with Crippen molar-refractivity contribution in [2.24, 2.45) is 0 Å². The molecule has 1 aromatic carbocycles. The Morgan fingerprint density at radius 3 is 1.00 bits per heavy atom. The van der Waals surface area contributed by atoms with Crippen LogP contribution >= 0.6 is 0 Å². The molecule has 0 saturated heterocycles. The second-order valence-electron chi connectivity index (χ2n) is 1.88. The maximum Gasteiger partial charge on any atom is 0.119 e. The minimum absolute atomic E-state index is 0.848. The lowest BCUT2D eigenvalue weighted by atomic mass is 10.3. The van der Waals surface area contributed by atoms with Crippen LogP contribution in [-0.2, 0) is 0 Å². The molecule has 2 nitrogen and oxygen atoms in total. The molecule has 0 aromatic heterocycles. The van der Waals surface area contributed by atoms with Gasteiger partial charge >= 0.3 is 0 Å². The van der Waals surface area contributed by atoms with Crippen molar-refractivity contribution in [2.75, 3.05) is 14.2 Å². The number of hydrogen-bond donors (Lipinski definition) is 0. The third kappa shape index (κ3) is 6.35. The van der Waals surface area contributed by atoms with Crippen LogP contribution in [0.4, 0.5) is 0 Å². The van der Waals surface area contributed by atoms with Gasteiger partial charge in [0.1, 0.15) is 11.5 Å². The van der Waals surface area contributed by atoms with Gasteiger partial charge in [0.15, 0.2) is 0 Å². The van der Waals surface area contributed by atoms with Gasteiger partial charge in [-0.15, -0.1) is 0 Å². The molecular formula is C12H22O2. The van der Waals surface area contributed by atoms with Gasteiger partial charge in [0, 0.05) is 0 Å². The fourth-order valence-electron chi connectivity index (χ4n) is 0.712. The van der Waals surface area contributed by atoms with Crippen LogP contribution in [0.2, 0.25) is 0 Å². The summed E-state index contributed by atoms with van der Waals surface area (Å²) in [5.41, 5.74) is 0. The summed E-state index contributed by atoms with van der Waals surface area (Å²) in [4.78, 5) is 0. The van der Waals surface area contributed by atoms with E-state index in [9.17, 15) is 0 Å². The maximum atomic E-state index is 4.96. The van der Waals surface area contributed by atoms with E-state index in [2.05, 4.69) is 0 Å². The third-order valence-corrected chi connectivity index (χ3v) is 1.30. The largest absolute Gasteiger partial charge is 0.497 e. The molecule has 0 heterocycles. The summed E-state index contributed by atoms with van der Waals surface area (Å²) in [6, 6.07) is 7.44. The van der Waals surface area contributed by atoms with Gasteiger partial charge < -0.3 is 9.47 Å². The molecule has 0 spiro atoms. The highest BCUT2D eigenvalue weighted by atomic mass is 16.5. The van der Waals surface area contributed by atoms with Crippen molar-refractivity contribution in [1.29, 1.82) is 0 Å². The molecular weight excluding hydrogens is 176 g/mol. The first-order valence-corrected chi connectivity index (χ1v) is 5.05. The van der Waals surface area contributed by atoms with Crippen LogP contribution in [0.25, 0.3) is 0 Å². The molecule has 0 aliphatic rings. The van der Waals surface area contributed by atoms with Gasteiger partial charge in [-0.25, -0.2) is 0 Å². The molecule has 0 radical (unpaired) electrons. The SMILES string of the molecule is CC.CC.COc1ccc(OC)cc1. The lowest BCUT2D eigenvalue weighted by Gasteiger charge is -2.00. The smallest absolute Gasteiger partial charge is 0.119 e. The van der Waals surface area contributed by atoms with Crippen LogP contribution < -0.4 is 9.47 Å². The first kappa shape index (κ1) is 15.3. The minimum Gasteiger partial charge on any atom is -0.497 e. The van der Waals surface area contributed by atoms with Crippen molar-refractivity contribution in [3.8, 4) is 11.5 Å². The number of rotatable bonds is 2. The lowest BCUT2D eigenvalue weighted by Crippen LogP contribution is -1.83. The quantitative estimate of drug-likeness (QED) is 0.720. The van der Waals surface area contributed by atoms with Crippen molar-refractivity contribution in [2.45, 2.75) is 27.7 Å². The Morgan fingerprint density at radius 2 is 0.857 bits per heavy atom. The van der Waals surface area contributed by atoms with Crippen molar-refractivity contribution < 1.29 is 9.47 Å². The number of ether oxygens (including phenoxy) is 2. The molecule has 0 fully saturated rings. The molecule has 0 bridgehead atoms. The molecule has 2 heteroatoms. The van der Waals surface area contributed by atoms with Gasteiger partial charge in [0.25, 0.3) is 0 Å². The van der Waals surface area contributed by atoms with E-state index in [4.69, 9.17) is 9.47 Å². The van der Waals surface area contributed by atoms with Crippen LogP contribution in [0.3, 0.4) is 0 Å². The first-order valence-electron chi connectivity index (χ1n) is 5.05. The van der Waals surface area contributed by atoms with Crippen molar-refractivity contribution in [3.05, 3.63) is 24.3 Å². The molecule has 82 valence electrons. The van der Waals surface area contributed by atoms with Crippen LogP contribution in [0.5, 0.6) is 11.5 Å².